The molecule has 1 unspecified atom stereocenters. The maximum atomic E-state index is 11.8. The van der Waals surface area contributed by atoms with E-state index < -0.39 is 0 Å². The Kier molecular flexibility index (Phi) is 3.62. The van der Waals surface area contributed by atoms with E-state index in [0.717, 1.165) is 11.3 Å². The third kappa shape index (κ3) is 2.51. The van der Waals surface area contributed by atoms with Gasteiger partial charge in [-0.25, -0.2) is 0 Å². The van der Waals surface area contributed by atoms with Gasteiger partial charge in [0.25, 0.3) is 0 Å². The lowest BCUT2D eigenvalue weighted by Gasteiger charge is -2.15. The minimum Gasteiger partial charge on any atom is -0.315 e. The largest absolute Gasteiger partial charge is 0.315 e. The number of hydrogen-bond donors (Lipinski definition) is 0. The number of nitrogens with zero attached hydrogens (tertiary/aromatic N) is 1. The lowest BCUT2D eigenvalue weighted by Crippen LogP contribution is -2.20. The van der Waals surface area contributed by atoms with Crippen LogP contribution in [-0.4, -0.2) is 13.0 Å². The third-order valence-corrected chi connectivity index (χ3v) is 5.35. The molecule has 0 N–H and O–H groups in total. The number of hydrogen-bond acceptors (Lipinski definition) is 1. The van der Waals surface area contributed by atoms with Crippen molar-refractivity contribution in [2.45, 2.75) is 25.1 Å². The minimum atomic E-state index is 0.156. The molecule has 2 aromatic carbocycles. The van der Waals surface area contributed by atoms with Crippen LogP contribution in [0.15, 0.2) is 36.4 Å². The van der Waals surface area contributed by atoms with Crippen molar-refractivity contribution in [1.29, 1.82) is 0 Å². The number of benzene rings is 2. The summed E-state index contributed by atoms with van der Waals surface area (Å²) in [4.78, 5) is 13.7. The summed E-state index contributed by atoms with van der Waals surface area (Å²) in [7, 11) is 1.84. The van der Waals surface area contributed by atoms with Crippen molar-refractivity contribution in [2.24, 2.45) is 0 Å². The summed E-state index contributed by atoms with van der Waals surface area (Å²) in [6.45, 7) is 4.26. The van der Waals surface area contributed by atoms with Gasteiger partial charge in [0.05, 0.1) is 11.2 Å². The predicted octanol–water partition coefficient (Wildman–Crippen LogP) is 4.31. The number of likely N-dealkylation sites (N-methyl/N-ethyl adjacent to an activating group) is 1. The maximum absolute atomic E-state index is 11.8. The van der Waals surface area contributed by atoms with E-state index >= 15 is 0 Å². The Bertz CT molecular complexity index is 723. The van der Waals surface area contributed by atoms with Crippen LogP contribution in [0.25, 0.3) is 0 Å². The van der Waals surface area contributed by atoms with Crippen molar-refractivity contribution in [3.8, 4) is 0 Å². The zero-order valence-corrected chi connectivity index (χ0v) is 14.1. The monoisotopic (exact) mass is 343 g/mol. The highest BCUT2D eigenvalue weighted by atomic mass is 79.9. The van der Waals surface area contributed by atoms with Gasteiger partial charge < -0.3 is 4.90 Å². The molecule has 0 fully saturated rings. The van der Waals surface area contributed by atoms with Gasteiger partial charge in [0.15, 0.2) is 0 Å². The van der Waals surface area contributed by atoms with Gasteiger partial charge in [-0.2, -0.15) is 0 Å². The van der Waals surface area contributed by atoms with Crippen LogP contribution in [0.4, 0.5) is 5.69 Å². The summed E-state index contributed by atoms with van der Waals surface area (Å²) < 4.78 is 0. The topological polar surface area (TPSA) is 20.3 Å². The molecule has 0 bridgehead atoms. The van der Waals surface area contributed by atoms with E-state index in [1.807, 2.05) is 13.1 Å². The molecule has 2 nitrogen and oxygen atoms in total. The standard InChI is InChI=1S/C18H18BrNO/c1-11-4-5-13(8-12(11)2)18(19)14-6-7-16-15(9-14)10-17(21)20(16)3/h4-9,18H,10H2,1-3H3. The fourth-order valence-electron chi connectivity index (χ4n) is 2.76. The summed E-state index contributed by atoms with van der Waals surface area (Å²) in [6, 6.07) is 12.8. The van der Waals surface area contributed by atoms with Gasteiger partial charge >= 0.3 is 0 Å². The van der Waals surface area contributed by atoms with Crippen molar-refractivity contribution in [2.75, 3.05) is 11.9 Å². The van der Waals surface area contributed by atoms with Gasteiger partial charge in [-0.1, -0.05) is 46.3 Å². The first-order valence-electron chi connectivity index (χ1n) is 7.08. The van der Waals surface area contributed by atoms with Crippen molar-refractivity contribution in [1.82, 2.24) is 0 Å². The molecule has 1 aliphatic heterocycles. The fourth-order valence-corrected chi connectivity index (χ4v) is 3.33. The lowest BCUT2D eigenvalue weighted by molar-refractivity contribution is -0.117. The molecule has 0 aromatic heterocycles. The van der Waals surface area contributed by atoms with Gasteiger partial charge in [-0.05, 0) is 47.7 Å². The van der Waals surface area contributed by atoms with Crippen LogP contribution in [-0.2, 0) is 11.2 Å². The van der Waals surface area contributed by atoms with Crippen molar-refractivity contribution < 1.29 is 4.79 Å². The second kappa shape index (κ2) is 5.30. The first-order valence-corrected chi connectivity index (χ1v) is 7.99. The number of fused-ring (bicyclic) bond motifs is 1. The van der Waals surface area contributed by atoms with Gasteiger partial charge in [0.2, 0.25) is 5.91 Å². The Morgan fingerprint density at radius 2 is 1.71 bits per heavy atom. The molecule has 3 heteroatoms. The average molecular weight is 344 g/mol. The van der Waals surface area contributed by atoms with E-state index in [9.17, 15) is 4.79 Å². The second-order valence-electron chi connectivity index (χ2n) is 5.72. The molecule has 1 heterocycles. The molecule has 108 valence electrons. The Labute approximate surface area is 133 Å². The molecule has 0 radical (unpaired) electrons. The van der Waals surface area contributed by atoms with E-state index in [0.29, 0.717) is 6.42 Å². The Morgan fingerprint density at radius 1 is 1.05 bits per heavy atom. The summed E-state index contributed by atoms with van der Waals surface area (Å²) in [5.41, 5.74) is 7.19. The first-order chi connectivity index (χ1) is 9.97. The number of amides is 1. The molecule has 0 saturated carbocycles. The number of rotatable bonds is 2. The number of alkyl halides is 1. The lowest BCUT2D eigenvalue weighted by atomic mass is 9.98. The molecule has 21 heavy (non-hydrogen) atoms. The highest BCUT2D eigenvalue weighted by Gasteiger charge is 2.25. The SMILES string of the molecule is Cc1ccc(C(Br)c2ccc3c(c2)CC(=O)N3C)cc1C. The Balaban J connectivity index is 1.96. The summed E-state index contributed by atoms with van der Waals surface area (Å²) in [6.07, 6.45) is 0.506. The normalized spacial score (nSPS) is 15.2. The van der Waals surface area contributed by atoms with Crippen LogP contribution in [0, 0.1) is 13.8 Å². The quantitative estimate of drug-likeness (QED) is 0.744. The van der Waals surface area contributed by atoms with Crippen molar-refractivity contribution >= 4 is 27.5 Å². The van der Waals surface area contributed by atoms with Crippen LogP contribution in [0.1, 0.15) is 32.6 Å². The van der Waals surface area contributed by atoms with Crippen LogP contribution in [0.3, 0.4) is 0 Å². The zero-order valence-electron chi connectivity index (χ0n) is 12.5. The molecule has 3 rings (SSSR count). The predicted molar refractivity (Wildman–Crippen MR) is 90.2 cm³/mol. The molecule has 1 amide bonds. The maximum Gasteiger partial charge on any atom is 0.231 e. The highest BCUT2D eigenvalue weighted by Crippen LogP contribution is 2.36. The Hall–Kier alpha value is -1.61. The minimum absolute atomic E-state index is 0.156. The number of carbonyl (C=O) groups excluding carboxylic acids is 1. The second-order valence-corrected chi connectivity index (χ2v) is 6.64. The van der Waals surface area contributed by atoms with E-state index in [-0.39, 0.29) is 10.7 Å². The molecular weight excluding hydrogens is 326 g/mol. The Morgan fingerprint density at radius 3 is 2.43 bits per heavy atom. The number of aryl methyl sites for hydroxylation is 2. The number of anilines is 1. The van der Waals surface area contributed by atoms with Gasteiger partial charge in [0, 0.05) is 12.7 Å². The third-order valence-electron chi connectivity index (χ3n) is 4.30. The summed E-state index contributed by atoms with van der Waals surface area (Å²) >= 11 is 3.79. The van der Waals surface area contributed by atoms with E-state index in [4.69, 9.17) is 0 Å². The molecular formula is C18H18BrNO. The fraction of sp³-hybridized carbons (Fsp3) is 0.278. The summed E-state index contributed by atoms with van der Waals surface area (Å²) in [5, 5.41) is 0. The number of carbonyl (C=O) groups is 1. The van der Waals surface area contributed by atoms with Gasteiger partial charge in [-0.3, -0.25) is 4.79 Å². The van der Waals surface area contributed by atoms with Crippen molar-refractivity contribution in [3.05, 3.63) is 64.2 Å². The van der Waals surface area contributed by atoms with Gasteiger partial charge in [0.1, 0.15) is 0 Å². The van der Waals surface area contributed by atoms with Crippen LogP contribution >= 0.6 is 15.9 Å². The van der Waals surface area contributed by atoms with Crippen LogP contribution in [0.5, 0.6) is 0 Å². The highest BCUT2D eigenvalue weighted by molar-refractivity contribution is 9.09. The molecule has 0 saturated heterocycles. The first kappa shape index (κ1) is 14.3. The molecule has 0 aliphatic carbocycles. The van der Waals surface area contributed by atoms with E-state index in [2.05, 4.69) is 60.1 Å². The molecule has 1 atom stereocenters. The van der Waals surface area contributed by atoms with Crippen molar-refractivity contribution in [3.63, 3.8) is 0 Å². The van der Waals surface area contributed by atoms with Crippen LogP contribution in [0.2, 0.25) is 0 Å². The zero-order chi connectivity index (χ0) is 15.1. The van der Waals surface area contributed by atoms with E-state index in [1.54, 1.807) is 4.90 Å². The molecule has 0 spiro atoms. The number of halogens is 1. The molecule has 1 aliphatic rings. The smallest absolute Gasteiger partial charge is 0.231 e. The van der Waals surface area contributed by atoms with Gasteiger partial charge in [-0.15, -0.1) is 0 Å². The summed E-state index contributed by atoms with van der Waals surface area (Å²) in [5.74, 6) is 0.166. The van der Waals surface area contributed by atoms with E-state index in [1.165, 1.54) is 22.3 Å². The van der Waals surface area contributed by atoms with Crippen LogP contribution < -0.4 is 4.90 Å². The average Bonchev–Trinajstić information content (AvgIpc) is 2.76. The molecule has 2 aromatic rings.